The standard InChI is InChI=1S/C23H26N4O2/c1-14-4-5-18(26-22(28)16-6-8-24-9-7-16)12-19(14)20-11-17-13-25-15(2)10-21(17)27(3)23(20)29/h4-5,10-13,16,24H,6-9H2,1-3H3,(H,26,28). The van der Waals surface area contributed by atoms with Crippen molar-refractivity contribution in [3.05, 3.63) is 58.1 Å². The number of carbonyl (C=O) groups is 1. The maximum Gasteiger partial charge on any atom is 0.258 e. The Hall–Kier alpha value is -2.99. The predicted octanol–water partition coefficient (Wildman–Crippen LogP) is 3.16. The second kappa shape index (κ2) is 7.79. The van der Waals surface area contributed by atoms with Gasteiger partial charge < -0.3 is 15.2 Å². The first-order valence-electron chi connectivity index (χ1n) is 10.0. The van der Waals surface area contributed by atoms with Gasteiger partial charge in [-0.1, -0.05) is 6.07 Å². The fraction of sp³-hybridized carbons (Fsp3) is 0.348. The van der Waals surface area contributed by atoms with E-state index >= 15 is 0 Å². The number of anilines is 1. The predicted molar refractivity (Wildman–Crippen MR) is 116 cm³/mol. The van der Waals surface area contributed by atoms with E-state index in [2.05, 4.69) is 15.6 Å². The molecule has 150 valence electrons. The minimum absolute atomic E-state index is 0.0313. The number of nitrogens with one attached hydrogen (secondary N) is 2. The quantitative estimate of drug-likeness (QED) is 0.720. The first kappa shape index (κ1) is 19.3. The highest BCUT2D eigenvalue weighted by molar-refractivity contribution is 5.94. The molecule has 2 N–H and O–H groups in total. The van der Waals surface area contributed by atoms with E-state index in [1.807, 2.05) is 44.2 Å². The maximum absolute atomic E-state index is 13.1. The van der Waals surface area contributed by atoms with Crippen LogP contribution in [0.1, 0.15) is 24.1 Å². The smallest absolute Gasteiger partial charge is 0.258 e. The molecule has 0 radical (unpaired) electrons. The van der Waals surface area contributed by atoms with Gasteiger partial charge in [0.2, 0.25) is 5.91 Å². The lowest BCUT2D eigenvalue weighted by Crippen LogP contribution is -2.34. The molecule has 6 nitrogen and oxygen atoms in total. The van der Waals surface area contributed by atoms with Gasteiger partial charge >= 0.3 is 0 Å². The van der Waals surface area contributed by atoms with Crippen molar-refractivity contribution in [1.29, 1.82) is 0 Å². The Labute approximate surface area is 170 Å². The lowest BCUT2D eigenvalue weighted by molar-refractivity contribution is -0.120. The highest BCUT2D eigenvalue weighted by Crippen LogP contribution is 2.27. The maximum atomic E-state index is 13.1. The van der Waals surface area contributed by atoms with Crippen LogP contribution < -0.4 is 16.2 Å². The van der Waals surface area contributed by atoms with Crippen molar-refractivity contribution >= 4 is 22.5 Å². The van der Waals surface area contributed by atoms with Gasteiger partial charge in [-0.2, -0.15) is 0 Å². The van der Waals surface area contributed by atoms with Crippen molar-refractivity contribution < 1.29 is 4.79 Å². The molecule has 3 aromatic rings. The van der Waals surface area contributed by atoms with E-state index in [0.717, 1.165) is 59.3 Å². The average molecular weight is 390 g/mol. The molecule has 1 aliphatic rings. The van der Waals surface area contributed by atoms with Crippen LogP contribution in [0.15, 0.2) is 41.3 Å². The van der Waals surface area contributed by atoms with E-state index in [1.165, 1.54) is 0 Å². The number of pyridine rings is 2. The minimum Gasteiger partial charge on any atom is -0.326 e. The molecular formula is C23H26N4O2. The van der Waals surface area contributed by atoms with Crippen molar-refractivity contribution in [1.82, 2.24) is 14.9 Å². The van der Waals surface area contributed by atoms with Gasteiger partial charge in [-0.15, -0.1) is 0 Å². The zero-order chi connectivity index (χ0) is 20.5. The molecule has 0 unspecified atom stereocenters. The number of aromatic nitrogens is 2. The fourth-order valence-corrected chi connectivity index (χ4v) is 3.98. The Bertz CT molecular complexity index is 1140. The van der Waals surface area contributed by atoms with Crippen molar-refractivity contribution in [3.8, 4) is 11.1 Å². The number of benzene rings is 1. The zero-order valence-corrected chi connectivity index (χ0v) is 17.1. The fourth-order valence-electron chi connectivity index (χ4n) is 3.98. The summed E-state index contributed by atoms with van der Waals surface area (Å²) in [6.07, 6.45) is 3.50. The third kappa shape index (κ3) is 3.80. The first-order chi connectivity index (χ1) is 13.9. The molecular weight excluding hydrogens is 364 g/mol. The van der Waals surface area contributed by atoms with Gasteiger partial charge in [0, 0.05) is 41.5 Å². The molecule has 1 amide bonds. The molecule has 1 fully saturated rings. The van der Waals surface area contributed by atoms with Crippen LogP contribution in [0.2, 0.25) is 0 Å². The summed E-state index contributed by atoms with van der Waals surface area (Å²) in [6.45, 7) is 5.64. The van der Waals surface area contributed by atoms with E-state index in [1.54, 1.807) is 17.8 Å². The van der Waals surface area contributed by atoms with Gasteiger partial charge in [0.1, 0.15) is 0 Å². The Morgan fingerprint density at radius 3 is 2.66 bits per heavy atom. The Morgan fingerprint density at radius 1 is 1.14 bits per heavy atom. The summed E-state index contributed by atoms with van der Waals surface area (Å²) < 4.78 is 1.67. The lowest BCUT2D eigenvalue weighted by atomic mass is 9.96. The van der Waals surface area contributed by atoms with Crippen molar-refractivity contribution in [3.63, 3.8) is 0 Å². The third-order valence-corrected chi connectivity index (χ3v) is 5.75. The molecule has 0 saturated carbocycles. The molecule has 2 aromatic heterocycles. The van der Waals surface area contributed by atoms with E-state index in [4.69, 9.17) is 0 Å². The van der Waals surface area contributed by atoms with E-state index in [9.17, 15) is 9.59 Å². The number of nitrogens with zero attached hydrogens (tertiary/aromatic N) is 2. The number of piperidine rings is 1. The van der Waals surface area contributed by atoms with Crippen molar-refractivity contribution in [2.45, 2.75) is 26.7 Å². The van der Waals surface area contributed by atoms with Gasteiger partial charge in [-0.3, -0.25) is 14.6 Å². The monoisotopic (exact) mass is 390 g/mol. The number of carbonyl (C=O) groups excluding carboxylic acids is 1. The SMILES string of the molecule is Cc1cc2c(cn1)cc(-c1cc(NC(=O)C3CCNCC3)ccc1C)c(=O)n2C. The number of aryl methyl sites for hydroxylation is 3. The molecule has 0 bridgehead atoms. The van der Waals surface area contributed by atoms with Crippen LogP contribution >= 0.6 is 0 Å². The summed E-state index contributed by atoms with van der Waals surface area (Å²) in [5.74, 6) is 0.0799. The molecule has 0 aliphatic carbocycles. The van der Waals surface area contributed by atoms with Crippen LogP contribution in [-0.2, 0) is 11.8 Å². The number of amides is 1. The molecule has 3 heterocycles. The molecule has 1 saturated heterocycles. The van der Waals surface area contributed by atoms with Gasteiger partial charge in [0.25, 0.3) is 5.56 Å². The first-order valence-corrected chi connectivity index (χ1v) is 10.0. The number of hydrogen-bond acceptors (Lipinski definition) is 4. The van der Waals surface area contributed by atoms with Crippen LogP contribution in [0.25, 0.3) is 22.0 Å². The van der Waals surface area contributed by atoms with Gasteiger partial charge in [0.05, 0.1) is 5.52 Å². The van der Waals surface area contributed by atoms with Crippen molar-refractivity contribution in [2.24, 2.45) is 13.0 Å². The summed E-state index contributed by atoms with van der Waals surface area (Å²) in [7, 11) is 1.78. The van der Waals surface area contributed by atoms with Crippen LogP contribution in [-0.4, -0.2) is 28.5 Å². The topological polar surface area (TPSA) is 76.0 Å². The van der Waals surface area contributed by atoms with Gasteiger partial charge in [0.15, 0.2) is 0 Å². The van der Waals surface area contributed by atoms with Crippen LogP contribution in [0.4, 0.5) is 5.69 Å². The minimum atomic E-state index is -0.0620. The Balaban J connectivity index is 1.73. The molecule has 4 rings (SSSR count). The normalized spacial score (nSPS) is 14.9. The average Bonchev–Trinajstić information content (AvgIpc) is 2.73. The number of hydrogen-bond donors (Lipinski definition) is 2. The van der Waals surface area contributed by atoms with Gasteiger partial charge in [-0.25, -0.2) is 0 Å². The van der Waals surface area contributed by atoms with Crippen molar-refractivity contribution in [2.75, 3.05) is 18.4 Å². The van der Waals surface area contributed by atoms with Crippen LogP contribution in [0.3, 0.4) is 0 Å². The molecule has 6 heteroatoms. The summed E-state index contributed by atoms with van der Waals surface area (Å²) in [5.41, 5.74) is 4.82. The molecule has 0 atom stereocenters. The highest BCUT2D eigenvalue weighted by Gasteiger charge is 2.21. The zero-order valence-electron chi connectivity index (χ0n) is 17.1. The molecule has 0 spiro atoms. The highest BCUT2D eigenvalue weighted by atomic mass is 16.2. The van der Waals surface area contributed by atoms with Crippen LogP contribution in [0, 0.1) is 19.8 Å². The Morgan fingerprint density at radius 2 is 1.90 bits per heavy atom. The van der Waals surface area contributed by atoms with E-state index < -0.39 is 0 Å². The summed E-state index contributed by atoms with van der Waals surface area (Å²) in [6, 6.07) is 9.56. The van der Waals surface area contributed by atoms with E-state index in [-0.39, 0.29) is 17.4 Å². The third-order valence-electron chi connectivity index (χ3n) is 5.75. The second-order valence-corrected chi connectivity index (χ2v) is 7.85. The molecule has 29 heavy (non-hydrogen) atoms. The largest absolute Gasteiger partial charge is 0.326 e. The molecule has 1 aromatic carbocycles. The summed E-state index contributed by atoms with van der Waals surface area (Å²) >= 11 is 0. The molecule has 1 aliphatic heterocycles. The number of fused-ring (bicyclic) bond motifs is 1. The summed E-state index contributed by atoms with van der Waals surface area (Å²) in [4.78, 5) is 30.1. The van der Waals surface area contributed by atoms with Crippen LogP contribution in [0.5, 0.6) is 0 Å². The number of rotatable bonds is 3. The van der Waals surface area contributed by atoms with Gasteiger partial charge in [-0.05, 0) is 75.2 Å². The second-order valence-electron chi connectivity index (χ2n) is 7.85. The Kier molecular flexibility index (Phi) is 5.20. The van der Waals surface area contributed by atoms with E-state index in [0.29, 0.717) is 5.56 Å². The lowest BCUT2D eigenvalue weighted by Gasteiger charge is -2.22. The summed E-state index contributed by atoms with van der Waals surface area (Å²) in [5, 5.41) is 7.23.